The first kappa shape index (κ1) is 23.8. The first-order valence-electron chi connectivity index (χ1n) is 9.50. The molecule has 4 rings (SSSR count). The van der Waals surface area contributed by atoms with E-state index in [4.69, 9.17) is 0 Å². The number of anilines is 1. The van der Waals surface area contributed by atoms with Crippen LogP contribution in [0, 0.1) is 12.8 Å². The summed E-state index contributed by atoms with van der Waals surface area (Å²) in [6.07, 6.45) is -4.56. The number of aryl methyl sites for hydroxylation is 1. The Hall–Kier alpha value is -2.39. The van der Waals surface area contributed by atoms with E-state index in [0.717, 1.165) is 27.0 Å². The number of carbonyl (C=O) groups is 1. The van der Waals surface area contributed by atoms with Crippen molar-refractivity contribution >= 4 is 43.7 Å². The SMILES string of the molecule is Cc1nc(CO)sc1-c1csc(NC(=O)C2CN(S(=O)(=O)c3ccc(C(F)(F)F)cc3)C2)n1. The molecular weight excluding hydrogens is 501 g/mol. The van der Waals surface area contributed by atoms with Crippen molar-refractivity contribution in [3.63, 3.8) is 0 Å². The van der Waals surface area contributed by atoms with Gasteiger partial charge in [0.15, 0.2) is 5.13 Å². The summed E-state index contributed by atoms with van der Waals surface area (Å²) in [5.74, 6) is -1.00. The molecule has 0 spiro atoms. The lowest BCUT2D eigenvalue weighted by Crippen LogP contribution is -2.54. The second-order valence-electron chi connectivity index (χ2n) is 7.25. The molecule has 0 saturated carbocycles. The van der Waals surface area contributed by atoms with Crippen molar-refractivity contribution in [2.24, 2.45) is 5.92 Å². The minimum absolute atomic E-state index is 0.0821. The van der Waals surface area contributed by atoms with Gasteiger partial charge >= 0.3 is 6.18 Å². The Morgan fingerprint density at radius 3 is 2.48 bits per heavy atom. The van der Waals surface area contributed by atoms with Crippen molar-refractivity contribution in [2.75, 3.05) is 18.4 Å². The number of thiazole rings is 2. The van der Waals surface area contributed by atoms with Gasteiger partial charge in [-0.2, -0.15) is 17.5 Å². The van der Waals surface area contributed by atoms with Crippen molar-refractivity contribution < 1.29 is 31.5 Å². The molecule has 3 aromatic rings. The summed E-state index contributed by atoms with van der Waals surface area (Å²) < 4.78 is 64.3. The Morgan fingerprint density at radius 1 is 1.24 bits per heavy atom. The lowest BCUT2D eigenvalue weighted by molar-refractivity contribution is -0.137. The van der Waals surface area contributed by atoms with E-state index >= 15 is 0 Å². The molecule has 2 N–H and O–H groups in total. The van der Waals surface area contributed by atoms with Crippen LogP contribution in [0.15, 0.2) is 34.5 Å². The van der Waals surface area contributed by atoms with Gasteiger partial charge < -0.3 is 10.4 Å². The third-order valence-electron chi connectivity index (χ3n) is 4.98. The zero-order valence-corrected chi connectivity index (χ0v) is 19.4. The highest BCUT2D eigenvalue weighted by Gasteiger charge is 2.41. The standard InChI is InChI=1S/C19H17F3N4O4S3/c1-10-16(32-15(8-27)23-10)14-9-31-18(24-14)25-17(28)11-6-26(7-11)33(29,30)13-4-2-12(3-5-13)19(20,21)22/h2-5,9,11,27H,6-8H2,1H3,(H,24,25,28). The largest absolute Gasteiger partial charge is 0.416 e. The van der Waals surface area contributed by atoms with Gasteiger partial charge in [-0.25, -0.2) is 18.4 Å². The molecule has 2 aromatic heterocycles. The maximum Gasteiger partial charge on any atom is 0.416 e. The zero-order chi connectivity index (χ0) is 24.0. The van der Waals surface area contributed by atoms with Gasteiger partial charge in [-0.05, 0) is 31.2 Å². The summed E-state index contributed by atoms with van der Waals surface area (Å²) in [7, 11) is -3.99. The predicted molar refractivity (Wildman–Crippen MR) is 116 cm³/mol. The average Bonchev–Trinajstić information content (AvgIpc) is 3.32. The summed E-state index contributed by atoms with van der Waals surface area (Å²) in [5, 5.41) is 14.5. The average molecular weight is 519 g/mol. The maximum absolute atomic E-state index is 12.7. The summed E-state index contributed by atoms with van der Waals surface area (Å²) in [4.78, 5) is 21.6. The molecule has 1 amide bonds. The van der Waals surface area contributed by atoms with Crippen LogP contribution in [-0.2, 0) is 27.6 Å². The van der Waals surface area contributed by atoms with Gasteiger partial charge in [0, 0.05) is 18.5 Å². The number of hydrogen-bond donors (Lipinski definition) is 2. The van der Waals surface area contributed by atoms with Crippen LogP contribution in [0.5, 0.6) is 0 Å². The minimum Gasteiger partial charge on any atom is -0.389 e. The number of aliphatic hydroxyl groups excluding tert-OH is 1. The molecule has 176 valence electrons. The number of nitrogens with zero attached hydrogens (tertiary/aromatic N) is 3. The molecule has 1 aliphatic rings. The number of halogens is 3. The molecule has 33 heavy (non-hydrogen) atoms. The topological polar surface area (TPSA) is 112 Å². The molecule has 0 aliphatic carbocycles. The lowest BCUT2D eigenvalue weighted by Gasteiger charge is -2.36. The number of amides is 1. The van der Waals surface area contributed by atoms with Crippen molar-refractivity contribution in [3.05, 3.63) is 45.9 Å². The number of aromatic nitrogens is 2. The molecule has 0 atom stereocenters. The van der Waals surface area contributed by atoms with Crippen LogP contribution in [0.1, 0.15) is 16.3 Å². The van der Waals surface area contributed by atoms with E-state index in [9.17, 15) is 31.5 Å². The summed E-state index contributed by atoms with van der Waals surface area (Å²) in [5.41, 5.74) is 0.395. The highest BCUT2D eigenvalue weighted by atomic mass is 32.2. The van der Waals surface area contributed by atoms with Crippen molar-refractivity contribution in [1.29, 1.82) is 0 Å². The number of nitrogens with one attached hydrogen (secondary N) is 1. The smallest absolute Gasteiger partial charge is 0.389 e. The van der Waals surface area contributed by atoms with E-state index in [1.54, 1.807) is 12.3 Å². The van der Waals surface area contributed by atoms with Gasteiger partial charge in [-0.3, -0.25) is 4.79 Å². The molecular formula is C19H17F3N4O4S3. The molecule has 14 heteroatoms. The third-order valence-corrected chi connectivity index (χ3v) is 8.75. The van der Waals surface area contributed by atoms with Crippen molar-refractivity contribution in [1.82, 2.24) is 14.3 Å². The highest BCUT2D eigenvalue weighted by molar-refractivity contribution is 7.89. The Balaban J connectivity index is 1.37. The van der Waals surface area contributed by atoms with Gasteiger partial charge in [0.2, 0.25) is 15.9 Å². The van der Waals surface area contributed by atoms with Crippen LogP contribution in [0.2, 0.25) is 0 Å². The van der Waals surface area contributed by atoms with E-state index in [0.29, 0.717) is 28.0 Å². The van der Waals surface area contributed by atoms with Gasteiger partial charge in [-0.15, -0.1) is 22.7 Å². The first-order chi connectivity index (χ1) is 15.5. The van der Waals surface area contributed by atoms with E-state index in [1.165, 1.54) is 22.7 Å². The van der Waals surface area contributed by atoms with Crippen LogP contribution >= 0.6 is 22.7 Å². The Bertz CT molecular complexity index is 1280. The molecule has 1 aromatic carbocycles. The molecule has 1 saturated heterocycles. The molecule has 0 unspecified atom stereocenters. The molecule has 1 fully saturated rings. The van der Waals surface area contributed by atoms with Gasteiger partial charge in [0.05, 0.1) is 39.2 Å². The fourth-order valence-corrected chi connectivity index (χ4v) is 6.36. The van der Waals surface area contributed by atoms with Gasteiger partial charge in [-0.1, -0.05) is 0 Å². The number of carbonyl (C=O) groups excluding carboxylic acids is 1. The molecule has 0 radical (unpaired) electrons. The van der Waals surface area contributed by atoms with Crippen LogP contribution in [0.25, 0.3) is 10.6 Å². The zero-order valence-electron chi connectivity index (χ0n) is 17.0. The van der Waals surface area contributed by atoms with Crippen LogP contribution in [0.3, 0.4) is 0 Å². The number of benzene rings is 1. The monoisotopic (exact) mass is 518 g/mol. The van der Waals surface area contributed by atoms with E-state index in [1.807, 2.05) is 0 Å². The fraction of sp³-hybridized carbons (Fsp3) is 0.316. The second-order valence-corrected chi connectivity index (χ2v) is 11.1. The molecule has 3 heterocycles. The van der Waals surface area contributed by atoms with Gasteiger partial charge in [0.1, 0.15) is 5.01 Å². The van der Waals surface area contributed by atoms with Gasteiger partial charge in [0.25, 0.3) is 0 Å². The molecule has 8 nitrogen and oxygen atoms in total. The number of rotatable bonds is 6. The first-order valence-corrected chi connectivity index (χ1v) is 12.6. The van der Waals surface area contributed by atoms with E-state index < -0.39 is 33.6 Å². The maximum atomic E-state index is 12.7. The predicted octanol–water partition coefficient (Wildman–Crippen LogP) is 3.35. The highest BCUT2D eigenvalue weighted by Crippen LogP contribution is 2.34. The Morgan fingerprint density at radius 2 is 1.91 bits per heavy atom. The summed E-state index contributed by atoms with van der Waals surface area (Å²) in [6.45, 7) is 1.46. The van der Waals surface area contributed by atoms with E-state index in [2.05, 4.69) is 15.3 Å². The fourth-order valence-electron chi connectivity index (χ4n) is 3.17. The number of alkyl halides is 3. The number of hydrogen-bond acceptors (Lipinski definition) is 8. The molecule has 0 bridgehead atoms. The second kappa shape index (κ2) is 8.76. The van der Waals surface area contributed by atoms with Crippen LogP contribution < -0.4 is 5.32 Å². The van der Waals surface area contributed by atoms with Crippen molar-refractivity contribution in [3.8, 4) is 10.6 Å². The Labute approximate surface area is 194 Å². The summed E-state index contributed by atoms with van der Waals surface area (Å²) >= 11 is 2.51. The van der Waals surface area contributed by atoms with E-state index in [-0.39, 0.29) is 24.6 Å². The minimum atomic E-state index is -4.56. The number of sulfonamides is 1. The third kappa shape index (κ3) is 4.80. The number of aliphatic hydroxyl groups is 1. The molecule has 1 aliphatic heterocycles. The van der Waals surface area contributed by atoms with Crippen LogP contribution in [0.4, 0.5) is 18.3 Å². The quantitative estimate of drug-likeness (QED) is 0.518. The lowest BCUT2D eigenvalue weighted by atomic mass is 10.0. The normalized spacial score (nSPS) is 15.4. The van der Waals surface area contributed by atoms with Crippen molar-refractivity contribution in [2.45, 2.75) is 24.6 Å². The van der Waals surface area contributed by atoms with Crippen LogP contribution in [-0.4, -0.2) is 46.8 Å². The Kier molecular flexibility index (Phi) is 6.30. The summed E-state index contributed by atoms with van der Waals surface area (Å²) in [6, 6.07) is 3.25.